The van der Waals surface area contributed by atoms with Crippen molar-refractivity contribution in [3.8, 4) is 11.5 Å². The van der Waals surface area contributed by atoms with Crippen LogP contribution in [0.4, 0.5) is 0 Å². The van der Waals surface area contributed by atoms with E-state index >= 15 is 0 Å². The maximum atomic E-state index is 11.5. The summed E-state index contributed by atoms with van der Waals surface area (Å²) in [6.45, 7) is 3.73. The predicted molar refractivity (Wildman–Crippen MR) is 54.5 cm³/mol. The highest BCUT2D eigenvalue weighted by molar-refractivity contribution is 5.56. The fraction of sp³-hybridized carbons (Fsp3) is 0.300. The predicted octanol–water partition coefficient (Wildman–Crippen LogP) is 1.30. The normalized spacial score (nSPS) is 10.5. The standard InChI is InChI=1S/C10H11N3O2/c1-3-7-4-8(6(2)13-9(7)14)10-11-5-12-15-10/h4-5H,3H2,1-2H3,(H,13,14). The first-order valence-electron chi connectivity index (χ1n) is 4.72. The number of nitrogens with one attached hydrogen (secondary N) is 1. The summed E-state index contributed by atoms with van der Waals surface area (Å²) in [5, 5.41) is 3.54. The molecule has 1 N–H and O–H groups in total. The van der Waals surface area contributed by atoms with Crippen molar-refractivity contribution >= 4 is 0 Å². The van der Waals surface area contributed by atoms with Crippen molar-refractivity contribution in [1.82, 2.24) is 15.1 Å². The van der Waals surface area contributed by atoms with E-state index in [2.05, 4.69) is 15.1 Å². The fourth-order valence-electron chi connectivity index (χ4n) is 1.44. The van der Waals surface area contributed by atoms with Crippen molar-refractivity contribution in [2.45, 2.75) is 20.3 Å². The number of aromatic nitrogens is 3. The average Bonchev–Trinajstić information content (AvgIpc) is 2.71. The first-order valence-corrected chi connectivity index (χ1v) is 4.72. The van der Waals surface area contributed by atoms with E-state index in [-0.39, 0.29) is 5.56 Å². The number of nitrogens with zero attached hydrogens (tertiary/aromatic N) is 2. The molecule has 0 saturated heterocycles. The summed E-state index contributed by atoms with van der Waals surface area (Å²) in [5.41, 5.74) is 2.18. The van der Waals surface area contributed by atoms with Gasteiger partial charge in [-0.15, -0.1) is 0 Å². The second-order valence-corrected chi connectivity index (χ2v) is 3.26. The molecule has 2 rings (SSSR count). The van der Waals surface area contributed by atoms with Crippen molar-refractivity contribution in [3.63, 3.8) is 0 Å². The van der Waals surface area contributed by atoms with Gasteiger partial charge < -0.3 is 9.51 Å². The molecule has 0 saturated carbocycles. The number of H-pyrrole nitrogens is 1. The molecule has 0 bridgehead atoms. The molecule has 0 spiro atoms. The van der Waals surface area contributed by atoms with Gasteiger partial charge in [0.15, 0.2) is 6.33 Å². The van der Waals surface area contributed by atoms with Gasteiger partial charge in [-0.1, -0.05) is 12.1 Å². The van der Waals surface area contributed by atoms with Crippen LogP contribution in [-0.4, -0.2) is 15.1 Å². The first-order chi connectivity index (χ1) is 7.22. The van der Waals surface area contributed by atoms with Gasteiger partial charge in [0.2, 0.25) is 0 Å². The quantitative estimate of drug-likeness (QED) is 0.802. The van der Waals surface area contributed by atoms with Gasteiger partial charge in [-0.2, -0.15) is 4.98 Å². The Hall–Kier alpha value is -1.91. The van der Waals surface area contributed by atoms with Crippen molar-refractivity contribution in [2.24, 2.45) is 0 Å². The summed E-state index contributed by atoms with van der Waals surface area (Å²) in [6, 6.07) is 1.79. The van der Waals surface area contributed by atoms with Gasteiger partial charge in [0.05, 0.1) is 5.56 Å². The third-order valence-corrected chi connectivity index (χ3v) is 2.29. The third-order valence-electron chi connectivity index (χ3n) is 2.29. The monoisotopic (exact) mass is 205 g/mol. The zero-order valence-corrected chi connectivity index (χ0v) is 8.57. The molecule has 0 fully saturated rings. The molecule has 2 aromatic rings. The van der Waals surface area contributed by atoms with E-state index in [4.69, 9.17) is 4.52 Å². The van der Waals surface area contributed by atoms with Crippen LogP contribution in [0.5, 0.6) is 0 Å². The minimum absolute atomic E-state index is 0.0572. The van der Waals surface area contributed by atoms with E-state index in [9.17, 15) is 4.79 Å². The molecule has 0 unspecified atom stereocenters. The molecular weight excluding hydrogens is 194 g/mol. The Morgan fingerprint density at radius 3 is 2.93 bits per heavy atom. The van der Waals surface area contributed by atoms with Gasteiger partial charge in [0.1, 0.15) is 0 Å². The molecule has 15 heavy (non-hydrogen) atoms. The first kappa shape index (κ1) is 9.64. The Morgan fingerprint density at radius 2 is 2.33 bits per heavy atom. The Morgan fingerprint density at radius 1 is 1.53 bits per heavy atom. The molecule has 2 heterocycles. The number of hydrogen-bond donors (Lipinski definition) is 1. The van der Waals surface area contributed by atoms with Crippen LogP contribution in [0.2, 0.25) is 0 Å². The molecule has 5 heteroatoms. The zero-order chi connectivity index (χ0) is 10.8. The fourth-order valence-corrected chi connectivity index (χ4v) is 1.44. The number of rotatable bonds is 2. The molecule has 0 aromatic carbocycles. The Kier molecular flexibility index (Phi) is 2.37. The van der Waals surface area contributed by atoms with E-state index in [1.165, 1.54) is 6.33 Å². The topological polar surface area (TPSA) is 71.8 Å². The molecule has 78 valence electrons. The number of aryl methyl sites for hydroxylation is 2. The van der Waals surface area contributed by atoms with Gasteiger partial charge in [-0.25, -0.2) is 0 Å². The van der Waals surface area contributed by atoms with Gasteiger partial charge in [0.25, 0.3) is 11.4 Å². The largest absolute Gasteiger partial charge is 0.334 e. The average molecular weight is 205 g/mol. The van der Waals surface area contributed by atoms with Crippen molar-refractivity contribution < 1.29 is 4.52 Å². The molecule has 5 nitrogen and oxygen atoms in total. The van der Waals surface area contributed by atoms with Crippen LogP contribution in [0.25, 0.3) is 11.5 Å². The molecule has 0 atom stereocenters. The van der Waals surface area contributed by atoms with Crippen LogP contribution in [-0.2, 0) is 6.42 Å². The number of pyridine rings is 1. The smallest absolute Gasteiger partial charge is 0.259 e. The van der Waals surface area contributed by atoms with E-state index in [0.717, 1.165) is 11.3 Å². The summed E-state index contributed by atoms with van der Waals surface area (Å²) in [4.78, 5) is 18.2. The van der Waals surface area contributed by atoms with E-state index in [0.29, 0.717) is 17.9 Å². The highest BCUT2D eigenvalue weighted by Gasteiger charge is 2.10. The van der Waals surface area contributed by atoms with Crippen molar-refractivity contribution in [2.75, 3.05) is 0 Å². The van der Waals surface area contributed by atoms with Crippen LogP contribution in [0.1, 0.15) is 18.2 Å². The van der Waals surface area contributed by atoms with Gasteiger partial charge in [-0.3, -0.25) is 4.79 Å². The molecular formula is C10H11N3O2. The minimum Gasteiger partial charge on any atom is -0.334 e. The summed E-state index contributed by atoms with van der Waals surface area (Å²) in [6.07, 6.45) is 2.02. The molecule has 0 aliphatic heterocycles. The van der Waals surface area contributed by atoms with Crippen molar-refractivity contribution in [3.05, 3.63) is 34.0 Å². The summed E-state index contributed by atoms with van der Waals surface area (Å²) in [5.74, 6) is 0.429. The Balaban J connectivity index is 2.62. The zero-order valence-electron chi connectivity index (χ0n) is 8.57. The molecule has 0 aliphatic carbocycles. The maximum absolute atomic E-state index is 11.5. The van der Waals surface area contributed by atoms with E-state index in [1.54, 1.807) is 13.0 Å². The van der Waals surface area contributed by atoms with Crippen LogP contribution in [0.3, 0.4) is 0 Å². The summed E-state index contributed by atoms with van der Waals surface area (Å²) < 4.78 is 4.96. The van der Waals surface area contributed by atoms with Crippen molar-refractivity contribution in [1.29, 1.82) is 0 Å². The second kappa shape index (κ2) is 3.68. The highest BCUT2D eigenvalue weighted by Crippen LogP contribution is 2.18. The van der Waals surface area contributed by atoms with Gasteiger partial charge >= 0.3 is 0 Å². The highest BCUT2D eigenvalue weighted by atomic mass is 16.5. The summed E-state index contributed by atoms with van der Waals surface area (Å²) >= 11 is 0. The molecule has 2 aromatic heterocycles. The molecule has 0 aliphatic rings. The SMILES string of the molecule is CCc1cc(-c2ncno2)c(C)[nH]c1=O. The second-order valence-electron chi connectivity index (χ2n) is 3.26. The minimum atomic E-state index is -0.0572. The van der Waals surface area contributed by atoms with Crippen LogP contribution in [0, 0.1) is 6.92 Å². The van der Waals surface area contributed by atoms with Gasteiger partial charge in [0, 0.05) is 11.3 Å². The van der Waals surface area contributed by atoms with E-state index in [1.807, 2.05) is 6.92 Å². The van der Waals surface area contributed by atoms with Crippen LogP contribution >= 0.6 is 0 Å². The third kappa shape index (κ3) is 1.68. The molecule has 0 radical (unpaired) electrons. The van der Waals surface area contributed by atoms with E-state index < -0.39 is 0 Å². The van der Waals surface area contributed by atoms with Crippen LogP contribution < -0.4 is 5.56 Å². The number of aromatic amines is 1. The maximum Gasteiger partial charge on any atom is 0.259 e. The molecule has 0 amide bonds. The summed E-state index contributed by atoms with van der Waals surface area (Å²) in [7, 11) is 0. The lowest BCUT2D eigenvalue weighted by Crippen LogP contribution is -2.13. The Bertz CT molecular complexity index is 514. The lowest BCUT2D eigenvalue weighted by atomic mass is 10.1. The van der Waals surface area contributed by atoms with Crippen LogP contribution in [0.15, 0.2) is 21.7 Å². The Labute approximate surface area is 86.1 Å². The number of hydrogen-bond acceptors (Lipinski definition) is 4. The van der Waals surface area contributed by atoms with Gasteiger partial charge in [-0.05, 0) is 19.4 Å². The lowest BCUT2D eigenvalue weighted by Gasteiger charge is -2.02. The lowest BCUT2D eigenvalue weighted by molar-refractivity contribution is 0.429.